The van der Waals surface area contributed by atoms with E-state index in [2.05, 4.69) is 15.2 Å². The molecule has 0 bridgehead atoms. The summed E-state index contributed by atoms with van der Waals surface area (Å²) in [7, 11) is -2.91. The van der Waals surface area contributed by atoms with Crippen molar-refractivity contribution in [3.05, 3.63) is 65.0 Å². The molecule has 10 heteroatoms. The Morgan fingerprint density at radius 3 is 2.58 bits per heavy atom. The fraction of sp³-hybridized carbons (Fsp3) is 0.391. The Hall–Kier alpha value is -2.43. The minimum atomic E-state index is -2.91. The van der Waals surface area contributed by atoms with Crippen LogP contribution >= 0.6 is 11.8 Å². The number of hydrogen-bond donors (Lipinski definition) is 2. The number of carbonyl (C=O) groups excluding carboxylic acids is 1. The van der Waals surface area contributed by atoms with Gasteiger partial charge in [-0.1, -0.05) is 23.9 Å². The molecule has 2 aliphatic rings. The number of rotatable bonds is 5. The molecule has 0 aliphatic carbocycles. The number of aliphatic imine (C=N–C) groups is 1. The van der Waals surface area contributed by atoms with Gasteiger partial charge in [0.05, 0.1) is 17.0 Å². The van der Waals surface area contributed by atoms with E-state index < -0.39 is 15.4 Å². The van der Waals surface area contributed by atoms with E-state index in [0.29, 0.717) is 48.0 Å². The minimum absolute atomic E-state index is 0.183. The molecule has 0 spiro atoms. The Bertz CT molecular complexity index is 1170. The van der Waals surface area contributed by atoms with Gasteiger partial charge >= 0.3 is 0 Å². The number of benzene rings is 2. The van der Waals surface area contributed by atoms with Gasteiger partial charge < -0.3 is 11.1 Å². The number of hydrogen-bond acceptors (Lipinski definition) is 7. The molecule has 7 nitrogen and oxygen atoms in total. The first kappa shape index (κ1) is 23.7. The van der Waals surface area contributed by atoms with Crippen molar-refractivity contribution < 1.29 is 17.6 Å². The second kappa shape index (κ2) is 9.44. The standard InChI is InChI=1S/C23H27FN4O3S2/c1-23(8-11-32-22(25)27-23)19-14-18(6-7-20(19)24)26-21(29)17-4-2-16(3-5-17)15-28-9-12-33(30,31)13-10-28/h2-7,14H,8-13,15H2,1H3,(H2,25,27)(H,26,29). The summed E-state index contributed by atoms with van der Waals surface area (Å²) in [6.07, 6.45) is 0.650. The van der Waals surface area contributed by atoms with Crippen LogP contribution in [0, 0.1) is 5.82 Å². The molecule has 2 aliphatic heterocycles. The van der Waals surface area contributed by atoms with Crippen molar-refractivity contribution in [3.8, 4) is 0 Å². The van der Waals surface area contributed by atoms with E-state index >= 15 is 0 Å². The maximum atomic E-state index is 14.6. The van der Waals surface area contributed by atoms with E-state index in [9.17, 15) is 17.6 Å². The third-order valence-electron chi connectivity index (χ3n) is 6.06. The summed E-state index contributed by atoms with van der Waals surface area (Å²) in [5, 5.41) is 3.27. The second-order valence-corrected chi connectivity index (χ2v) is 12.0. The van der Waals surface area contributed by atoms with Crippen LogP contribution in [0.3, 0.4) is 0 Å². The number of amidine groups is 1. The van der Waals surface area contributed by atoms with Gasteiger partial charge in [0.15, 0.2) is 15.0 Å². The first-order valence-electron chi connectivity index (χ1n) is 10.7. The molecule has 3 N–H and O–H groups in total. The van der Waals surface area contributed by atoms with Crippen LogP contribution in [0.15, 0.2) is 47.5 Å². The third kappa shape index (κ3) is 5.74. The van der Waals surface area contributed by atoms with Gasteiger partial charge in [-0.25, -0.2) is 12.8 Å². The molecule has 0 radical (unpaired) electrons. The molecule has 1 saturated heterocycles. The zero-order valence-electron chi connectivity index (χ0n) is 18.4. The van der Waals surface area contributed by atoms with Crippen molar-refractivity contribution in [3.63, 3.8) is 0 Å². The molecule has 2 aromatic carbocycles. The van der Waals surface area contributed by atoms with Gasteiger partial charge in [-0.3, -0.25) is 14.7 Å². The van der Waals surface area contributed by atoms with Gasteiger partial charge in [-0.15, -0.1) is 0 Å². The molecule has 1 atom stereocenters. The van der Waals surface area contributed by atoms with Crippen LogP contribution in [0.5, 0.6) is 0 Å². The SMILES string of the molecule is CC1(c2cc(NC(=O)c3ccc(CN4CCS(=O)(=O)CC4)cc3)ccc2F)CCSC(N)=N1. The Labute approximate surface area is 197 Å². The lowest BCUT2D eigenvalue weighted by Gasteiger charge is -2.30. The van der Waals surface area contributed by atoms with Gasteiger partial charge in [0.1, 0.15) is 5.82 Å². The predicted octanol–water partition coefficient (Wildman–Crippen LogP) is 2.98. The monoisotopic (exact) mass is 490 g/mol. The predicted molar refractivity (Wildman–Crippen MR) is 131 cm³/mol. The van der Waals surface area contributed by atoms with E-state index in [4.69, 9.17) is 5.73 Å². The van der Waals surface area contributed by atoms with Crippen LogP contribution in [0.4, 0.5) is 10.1 Å². The third-order valence-corrected chi connectivity index (χ3v) is 8.46. The molecule has 0 aromatic heterocycles. The first-order chi connectivity index (χ1) is 15.6. The average Bonchev–Trinajstić information content (AvgIpc) is 2.77. The van der Waals surface area contributed by atoms with Gasteiger partial charge in [0.25, 0.3) is 5.91 Å². The fourth-order valence-electron chi connectivity index (χ4n) is 4.03. The summed E-state index contributed by atoms with van der Waals surface area (Å²) < 4.78 is 37.7. The smallest absolute Gasteiger partial charge is 0.255 e. The average molecular weight is 491 g/mol. The van der Waals surface area contributed by atoms with Gasteiger partial charge in [-0.05, 0) is 49.2 Å². The Morgan fingerprint density at radius 2 is 1.91 bits per heavy atom. The zero-order valence-corrected chi connectivity index (χ0v) is 20.0. The summed E-state index contributed by atoms with van der Waals surface area (Å²) in [6, 6.07) is 11.7. The summed E-state index contributed by atoms with van der Waals surface area (Å²) >= 11 is 1.45. The quantitative estimate of drug-likeness (QED) is 0.668. The van der Waals surface area contributed by atoms with E-state index in [1.54, 1.807) is 18.2 Å². The molecule has 0 saturated carbocycles. The van der Waals surface area contributed by atoms with E-state index in [1.807, 2.05) is 19.1 Å². The van der Waals surface area contributed by atoms with E-state index in [-0.39, 0.29) is 23.2 Å². The largest absolute Gasteiger partial charge is 0.379 e. The Morgan fingerprint density at radius 1 is 1.21 bits per heavy atom. The zero-order chi connectivity index (χ0) is 23.6. The molecular weight excluding hydrogens is 463 g/mol. The van der Waals surface area contributed by atoms with Crippen molar-refractivity contribution in [1.29, 1.82) is 0 Å². The van der Waals surface area contributed by atoms with Crippen LogP contribution in [-0.4, -0.2) is 54.7 Å². The highest BCUT2D eigenvalue weighted by Gasteiger charge is 2.32. The number of amides is 1. The second-order valence-electron chi connectivity index (χ2n) is 8.60. The fourth-order valence-corrected chi connectivity index (χ4v) is 6.28. The van der Waals surface area contributed by atoms with E-state index in [1.165, 1.54) is 23.9 Å². The van der Waals surface area contributed by atoms with Gasteiger partial charge in [-0.2, -0.15) is 0 Å². The van der Waals surface area contributed by atoms with Crippen LogP contribution in [0.1, 0.15) is 34.8 Å². The summed E-state index contributed by atoms with van der Waals surface area (Å²) in [6.45, 7) is 3.52. The molecule has 176 valence electrons. The van der Waals surface area contributed by atoms with Crippen molar-refractivity contribution in [1.82, 2.24) is 4.90 Å². The van der Waals surface area contributed by atoms with Crippen molar-refractivity contribution >= 4 is 38.4 Å². The van der Waals surface area contributed by atoms with Gasteiger partial charge in [0.2, 0.25) is 0 Å². The number of thioether (sulfide) groups is 1. The molecule has 1 unspecified atom stereocenters. The minimum Gasteiger partial charge on any atom is -0.379 e. The van der Waals surface area contributed by atoms with Crippen molar-refractivity contribution in [2.45, 2.75) is 25.4 Å². The number of halogens is 1. The topological polar surface area (TPSA) is 105 Å². The maximum Gasteiger partial charge on any atom is 0.255 e. The maximum absolute atomic E-state index is 14.6. The molecular formula is C23H27FN4O3S2. The van der Waals surface area contributed by atoms with Gasteiger partial charge in [0, 0.05) is 42.2 Å². The number of anilines is 1. The molecule has 1 amide bonds. The number of nitrogens with zero attached hydrogens (tertiary/aromatic N) is 2. The summed E-state index contributed by atoms with van der Waals surface area (Å²) in [5.74, 6) is 0.442. The molecule has 4 rings (SSSR count). The normalized spacial score (nSPS) is 23.0. The molecule has 33 heavy (non-hydrogen) atoms. The lowest BCUT2D eigenvalue weighted by atomic mass is 9.89. The molecule has 2 heterocycles. The highest BCUT2D eigenvalue weighted by atomic mass is 32.2. The van der Waals surface area contributed by atoms with E-state index in [0.717, 1.165) is 11.3 Å². The Balaban J connectivity index is 1.43. The highest BCUT2D eigenvalue weighted by molar-refractivity contribution is 8.13. The molecule has 2 aromatic rings. The number of sulfone groups is 1. The number of nitrogens with one attached hydrogen (secondary N) is 1. The summed E-state index contributed by atoms with van der Waals surface area (Å²) in [5.41, 5.74) is 7.48. The lowest BCUT2D eigenvalue weighted by molar-refractivity contribution is 0.102. The van der Waals surface area contributed by atoms with Crippen LogP contribution < -0.4 is 11.1 Å². The van der Waals surface area contributed by atoms with Crippen molar-refractivity contribution in [2.75, 3.05) is 35.7 Å². The highest BCUT2D eigenvalue weighted by Crippen LogP contribution is 2.37. The van der Waals surface area contributed by atoms with Crippen molar-refractivity contribution in [2.24, 2.45) is 10.7 Å². The van der Waals surface area contributed by atoms with Crippen LogP contribution in [-0.2, 0) is 21.9 Å². The number of nitrogens with two attached hydrogens (primary N) is 1. The summed E-state index contributed by atoms with van der Waals surface area (Å²) in [4.78, 5) is 19.3. The first-order valence-corrected chi connectivity index (χ1v) is 13.6. The number of carbonyl (C=O) groups is 1. The lowest BCUT2D eigenvalue weighted by Crippen LogP contribution is -2.39. The van der Waals surface area contributed by atoms with Crippen LogP contribution in [0.25, 0.3) is 0 Å². The van der Waals surface area contributed by atoms with Crippen LogP contribution in [0.2, 0.25) is 0 Å². The Kier molecular flexibility index (Phi) is 6.78. The molecule has 1 fully saturated rings.